The Balaban J connectivity index is 2.37. The molecule has 12 heavy (non-hydrogen) atoms. The smallest absolute Gasteiger partial charge is 0.0621 e. The van der Waals surface area contributed by atoms with Crippen molar-refractivity contribution < 1.29 is 5.11 Å². The first-order valence-electron chi connectivity index (χ1n) is 4.92. The molecule has 0 aromatic rings. The van der Waals surface area contributed by atoms with E-state index >= 15 is 0 Å². The van der Waals surface area contributed by atoms with Gasteiger partial charge in [-0.3, -0.25) is 0 Å². The van der Waals surface area contributed by atoms with Crippen molar-refractivity contribution in [2.45, 2.75) is 58.7 Å². The fourth-order valence-corrected chi connectivity index (χ4v) is 1.65. The molecule has 0 aliphatic heterocycles. The van der Waals surface area contributed by atoms with Gasteiger partial charge in [-0.25, -0.2) is 0 Å². The largest absolute Gasteiger partial charge is 0.392 e. The molecular weight excluding hydrogens is 150 g/mol. The Morgan fingerprint density at radius 3 is 2.50 bits per heavy atom. The van der Waals surface area contributed by atoms with Crippen molar-refractivity contribution in [3.8, 4) is 0 Å². The van der Waals surface area contributed by atoms with Gasteiger partial charge in [0.05, 0.1) is 6.10 Å². The van der Waals surface area contributed by atoms with Crippen LogP contribution in [0.25, 0.3) is 0 Å². The molecule has 1 saturated carbocycles. The van der Waals surface area contributed by atoms with E-state index in [0.717, 1.165) is 12.8 Å². The molecule has 0 aromatic carbocycles. The Hall–Kier alpha value is -0.0800. The molecule has 2 N–H and O–H groups in total. The molecule has 1 fully saturated rings. The monoisotopic (exact) mass is 171 g/mol. The van der Waals surface area contributed by atoms with Crippen molar-refractivity contribution in [3.63, 3.8) is 0 Å². The summed E-state index contributed by atoms with van der Waals surface area (Å²) in [5, 5.41) is 13.0. The maximum atomic E-state index is 9.49. The zero-order chi connectivity index (χ0) is 9.35. The molecule has 3 atom stereocenters. The molecule has 0 saturated heterocycles. The molecule has 1 aliphatic carbocycles. The maximum Gasteiger partial charge on any atom is 0.0621 e. The van der Waals surface area contributed by atoms with E-state index in [9.17, 15) is 5.11 Å². The Kier molecular flexibility index (Phi) is 2.79. The lowest BCUT2D eigenvalue weighted by molar-refractivity contribution is -0.0753. The standard InChI is InChI=1S/C10H21NO/c1-5-7(2)11-8-6-9(12)10(8,3)4/h7-9,11-12H,5-6H2,1-4H3. The molecule has 72 valence electrons. The van der Waals surface area contributed by atoms with E-state index in [1.807, 2.05) is 0 Å². The third-order valence-electron chi connectivity index (χ3n) is 3.31. The minimum absolute atomic E-state index is 0.0728. The Morgan fingerprint density at radius 1 is 1.58 bits per heavy atom. The first kappa shape index (κ1) is 10.0. The normalized spacial score (nSPS) is 35.8. The van der Waals surface area contributed by atoms with Gasteiger partial charge in [0, 0.05) is 17.5 Å². The second kappa shape index (κ2) is 3.35. The van der Waals surface area contributed by atoms with Gasteiger partial charge in [0.2, 0.25) is 0 Å². The quantitative estimate of drug-likeness (QED) is 0.675. The van der Waals surface area contributed by atoms with E-state index in [1.54, 1.807) is 0 Å². The van der Waals surface area contributed by atoms with Gasteiger partial charge in [-0.2, -0.15) is 0 Å². The first-order valence-corrected chi connectivity index (χ1v) is 4.92. The molecule has 1 rings (SSSR count). The van der Waals surface area contributed by atoms with Gasteiger partial charge < -0.3 is 10.4 Å². The van der Waals surface area contributed by atoms with Gasteiger partial charge in [0.1, 0.15) is 0 Å². The van der Waals surface area contributed by atoms with Crippen LogP contribution in [0.1, 0.15) is 40.5 Å². The highest BCUT2D eigenvalue weighted by molar-refractivity contribution is 5.02. The second-order valence-electron chi connectivity index (χ2n) is 4.60. The molecule has 2 nitrogen and oxygen atoms in total. The lowest BCUT2D eigenvalue weighted by atomic mass is 9.64. The van der Waals surface area contributed by atoms with Crippen molar-refractivity contribution in [1.82, 2.24) is 5.32 Å². The summed E-state index contributed by atoms with van der Waals surface area (Å²) >= 11 is 0. The molecular formula is C10H21NO. The van der Waals surface area contributed by atoms with Crippen LogP contribution in [0.15, 0.2) is 0 Å². The van der Waals surface area contributed by atoms with E-state index in [2.05, 4.69) is 33.0 Å². The second-order valence-corrected chi connectivity index (χ2v) is 4.60. The molecule has 0 bridgehead atoms. The number of nitrogens with one attached hydrogen (secondary N) is 1. The van der Waals surface area contributed by atoms with Crippen molar-refractivity contribution >= 4 is 0 Å². The Morgan fingerprint density at radius 2 is 2.17 bits per heavy atom. The fourth-order valence-electron chi connectivity index (χ4n) is 1.65. The number of hydrogen-bond donors (Lipinski definition) is 2. The predicted molar refractivity (Wildman–Crippen MR) is 51.1 cm³/mol. The summed E-state index contributed by atoms with van der Waals surface area (Å²) in [6, 6.07) is 1.07. The summed E-state index contributed by atoms with van der Waals surface area (Å²) in [5.74, 6) is 0. The van der Waals surface area contributed by atoms with Crippen LogP contribution in [0, 0.1) is 5.41 Å². The van der Waals surface area contributed by atoms with Crippen molar-refractivity contribution in [2.75, 3.05) is 0 Å². The van der Waals surface area contributed by atoms with E-state index in [4.69, 9.17) is 0 Å². The SMILES string of the molecule is CCC(C)NC1CC(O)C1(C)C. The Labute approximate surface area is 75.4 Å². The number of hydrogen-bond acceptors (Lipinski definition) is 2. The van der Waals surface area contributed by atoms with E-state index < -0.39 is 0 Å². The van der Waals surface area contributed by atoms with Gasteiger partial charge in [0.15, 0.2) is 0 Å². The Bertz CT molecular complexity index is 156. The molecule has 0 spiro atoms. The summed E-state index contributed by atoms with van der Waals surface area (Å²) in [6.45, 7) is 8.63. The zero-order valence-corrected chi connectivity index (χ0v) is 8.59. The van der Waals surface area contributed by atoms with Crippen LogP contribution in [0.5, 0.6) is 0 Å². The molecule has 3 unspecified atom stereocenters. The maximum absolute atomic E-state index is 9.49. The van der Waals surface area contributed by atoms with Crippen LogP contribution in [-0.4, -0.2) is 23.3 Å². The van der Waals surface area contributed by atoms with Crippen LogP contribution < -0.4 is 5.32 Å². The third kappa shape index (κ3) is 1.64. The van der Waals surface area contributed by atoms with Gasteiger partial charge in [-0.1, -0.05) is 20.8 Å². The average molecular weight is 171 g/mol. The highest BCUT2D eigenvalue weighted by atomic mass is 16.3. The van der Waals surface area contributed by atoms with E-state index in [0.29, 0.717) is 12.1 Å². The minimum atomic E-state index is -0.112. The topological polar surface area (TPSA) is 32.3 Å². The highest BCUT2D eigenvalue weighted by Crippen LogP contribution is 2.40. The van der Waals surface area contributed by atoms with Crippen LogP contribution >= 0.6 is 0 Å². The van der Waals surface area contributed by atoms with Gasteiger partial charge in [-0.05, 0) is 19.8 Å². The lowest BCUT2D eigenvalue weighted by Crippen LogP contribution is -2.61. The highest BCUT2D eigenvalue weighted by Gasteiger charge is 2.47. The van der Waals surface area contributed by atoms with Crippen molar-refractivity contribution in [3.05, 3.63) is 0 Å². The lowest BCUT2D eigenvalue weighted by Gasteiger charge is -2.50. The molecule has 0 amide bonds. The molecule has 0 heterocycles. The number of rotatable bonds is 3. The average Bonchev–Trinajstić information content (AvgIpc) is 2.03. The first-order chi connectivity index (χ1) is 5.48. The summed E-state index contributed by atoms with van der Waals surface area (Å²) < 4.78 is 0. The summed E-state index contributed by atoms with van der Waals surface area (Å²) in [7, 11) is 0. The zero-order valence-electron chi connectivity index (χ0n) is 8.59. The molecule has 2 heteroatoms. The van der Waals surface area contributed by atoms with Gasteiger partial charge in [-0.15, -0.1) is 0 Å². The van der Waals surface area contributed by atoms with Crippen LogP contribution in [0.4, 0.5) is 0 Å². The predicted octanol–water partition coefficient (Wildman–Crippen LogP) is 1.53. The van der Waals surface area contributed by atoms with Crippen molar-refractivity contribution in [1.29, 1.82) is 0 Å². The third-order valence-corrected chi connectivity index (χ3v) is 3.31. The summed E-state index contributed by atoms with van der Waals surface area (Å²) in [4.78, 5) is 0. The fraction of sp³-hybridized carbons (Fsp3) is 1.00. The van der Waals surface area contributed by atoms with Crippen molar-refractivity contribution in [2.24, 2.45) is 5.41 Å². The van der Waals surface area contributed by atoms with E-state index in [1.165, 1.54) is 0 Å². The molecule has 1 aliphatic rings. The number of aliphatic hydroxyl groups is 1. The summed E-state index contributed by atoms with van der Waals surface area (Å²) in [5.41, 5.74) is 0.0728. The van der Waals surface area contributed by atoms with Crippen LogP contribution in [0.2, 0.25) is 0 Å². The minimum Gasteiger partial charge on any atom is -0.392 e. The van der Waals surface area contributed by atoms with Crippen LogP contribution in [0.3, 0.4) is 0 Å². The number of aliphatic hydroxyl groups excluding tert-OH is 1. The van der Waals surface area contributed by atoms with Gasteiger partial charge in [0.25, 0.3) is 0 Å². The molecule has 0 radical (unpaired) electrons. The summed E-state index contributed by atoms with van der Waals surface area (Å²) in [6.07, 6.45) is 1.96. The van der Waals surface area contributed by atoms with Crippen LogP contribution in [-0.2, 0) is 0 Å². The van der Waals surface area contributed by atoms with Gasteiger partial charge >= 0.3 is 0 Å². The molecule has 0 aromatic heterocycles. The van der Waals surface area contributed by atoms with E-state index in [-0.39, 0.29) is 11.5 Å².